The van der Waals surface area contributed by atoms with Gasteiger partial charge in [-0.2, -0.15) is 0 Å². The van der Waals surface area contributed by atoms with Gasteiger partial charge in [-0.15, -0.1) is 0 Å². The fraction of sp³-hybridized carbons (Fsp3) is 0.750. The summed E-state index contributed by atoms with van der Waals surface area (Å²) in [6.45, 7) is 0.720. The van der Waals surface area contributed by atoms with Crippen LogP contribution >= 0.6 is 0 Å². The van der Waals surface area contributed by atoms with Crippen LogP contribution in [0.1, 0.15) is 25.7 Å². The summed E-state index contributed by atoms with van der Waals surface area (Å²) >= 11 is 0. The van der Waals surface area contributed by atoms with Gasteiger partial charge in [0.05, 0.1) is 6.42 Å². The van der Waals surface area contributed by atoms with Gasteiger partial charge >= 0.3 is 0 Å². The summed E-state index contributed by atoms with van der Waals surface area (Å²) in [5.41, 5.74) is 5.17. The van der Waals surface area contributed by atoms with E-state index < -0.39 is 0 Å². The molecule has 0 heterocycles. The van der Waals surface area contributed by atoms with Gasteiger partial charge in [0.25, 0.3) is 0 Å². The maximum atomic E-state index is 11.1. The molecule has 0 aromatic rings. The Balaban J connectivity index is 2.10. The molecule has 1 amide bonds. The molecule has 0 aromatic heterocycles. The van der Waals surface area contributed by atoms with Crippen molar-refractivity contribution in [2.24, 2.45) is 16.8 Å². The van der Waals surface area contributed by atoms with E-state index in [1.54, 1.807) is 0 Å². The average Bonchev–Trinajstić information content (AvgIpc) is 2.01. The topological polar surface area (TPSA) is 87.7 Å². The highest BCUT2D eigenvalue weighted by Crippen LogP contribution is 2.24. The van der Waals surface area contributed by atoms with Crippen LogP contribution in [0.3, 0.4) is 0 Å². The van der Waals surface area contributed by atoms with Crippen LogP contribution in [-0.4, -0.2) is 23.5 Å². The average molecular weight is 185 g/mol. The zero-order valence-electron chi connectivity index (χ0n) is 7.49. The Hall–Kier alpha value is -1.26. The number of carbonyl (C=O) groups is 1. The Kier molecular flexibility index (Phi) is 3.54. The summed E-state index contributed by atoms with van der Waals surface area (Å²) in [5.74, 6) is 0.407. The Morgan fingerprint density at radius 1 is 1.62 bits per heavy atom. The second-order valence-corrected chi connectivity index (χ2v) is 3.37. The number of nitrogens with one attached hydrogen (secondary N) is 1. The molecule has 0 unspecified atom stereocenters. The van der Waals surface area contributed by atoms with Crippen LogP contribution in [-0.2, 0) is 4.79 Å². The first-order valence-corrected chi connectivity index (χ1v) is 4.45. The standard InChI is InChI=1S/C8H15N3O2/c9-7(11-13)4-8(12)10-5-6-2-1-3-6/h6,13H,1-5H2,(H2,9,11)(H,10,12). The van der Waals surface area contributed by atoms with Crippen LogP contribution in [0, 0.1) is 5.92 Å². The second kappa shape index (κ2) is 4.69. The van der Waals surface area contributed by atoms with Crippen LogP contribution in [0.25, 0.3) is 0 Å². The number of rotatable bonds is 4. The molecule has 5 nitrogen and oxygen atoms in total. The van der Waals surface area contributed by atoms with Crippen LogP contribution in [0.5, 0.6) is 0 Å². The van der Waals surface area contributed by atoms with Gasteiger partial charge in [0.2, 0.25) is 5.91 Å². The summed E-state index contributed by atoms with van der Waals surface area (Å²) < 4.78 is 0. The van der Waals surface area contributed by atoms with Crippen LogP contribution in [0.15, 0.2) is 5.16 Å². The molecule has 0 radical (unpaired) electrons. The van der Waals surface area contributed by atoms with Crippen molar-refractivity contribution in [2.45, 2.75) is 25.7 Å². The van der Waals surface area contributed by atoms with Crippen molar-refractivity contribution >= 4 is 11.7 Å². The maximum absolute atomic E-state index is 11.1. The molecule has 1 rings (SSSR count). The lowest BCUT2D eigenvalue weighted by molar-refractivity contribution is -0.120. The Morgan fingerprint density at radius 3 is 2.77 bits per heavy atom. The molecule has 0 spiro atoms. The number of amidine groups is 1. The lowest BCUT2D eigenvalue weighted by atomic mass is 9.85. The molecule has 0 saturated heterocycles. The molecular formula is C8H15N3O2. The fourth-order valence-corrected chi connectivity index (χ4v) is 1.22. The molecule has 0 aromatic carbocycles. The highest BCUT2D eigenvalue weighted by atomic mass is 16.4. The number of hydrogen-bond acceptors (Lipinski definition) is 3. The molecule has 1 aliphatic carbocycles. The summed E-state index contributed by atoms with van der Waals surface area (Å²) in [5, 5.41) is 13.7. The minimum absolute atomic E-state index is 0.0246. The minimum atomic E-state index is -0.179. The van der Waals surface area contributed by atoms with Gasteiger partial charge in [-0.1, -0.05) is 11.6 Å². The third kappa shape index (κ3) is 3.31. The highest BCUT2D eigenvalue weighted by Gasteiger charge is 2.17. The van der Waals surface area contributed by atoms with Gasteiger partial charge in [0.1, 0.15) is 5.84 Å². The van der Waals surface area contributed by atoms with E-state index >= 15 is 0 Å². The lowest BCUT2D eigenvalue weighted by Crippen LogP contribution is -2.34. The van der Waals surface area contributed by atoms with E-state index in [4.69, 9.17) is 10.9 Å². The summed E-state index contributed by atoms with van der Waals surface area (Å²) in [6, 6.07) is 0. The third-order valence-electron chi connectivity index (χ3n) is 2.28. The van der Waals surface area contributed by atoms with Gasteiger partial charge < -0.3 is 16.3 Å². The van der Waals surface area contributed by atoms with Crippen molar-refractivity contribution < 1.29 is 10.0 Å². The zero-order chi connectivity index (χ0) is 9.68. The lowest BCUT2D eigenvalue weighted by Gasteiger charge is -2.25. The SMILES string of the molecule is N/C(CC(=O)NCC1CCC1)=N\O. The Labute approximate surface area is 77.0 Å². The van der Waals surface area contributed by atoms with E-state index in [1.807, 2.05) is 0 Å². The van der Waals surface area contributed by atoms with Crippen molar-refractivity contribution in [1.82, 2.24) is 5.32 Å². The van der Waals surface area contributed by atoms with E-state index in [0.29, 0.717) is 5.92 Å². The Bertz CT molecular complexity index is 211. The zero-order valence-corrected chi connectivity index (χ0v) is 7.49. The van der Waals surface area contributed by atoms with Crippen LogP contribution in [0.2, 0.25) is 0 Å². The normalized spacial score (nSPS) is 18.0. The summed E-state index contributed by atoms with van der Waals surface area (Å²) in [6.07, 6.45) is 3.64. The maximum Gasteiger partial charge on any atom is 0.227 e. The van der Waals surface area contributed by atoms with Crippen molar-refractivity contribution in [1.29, 1.82) is 0 Å². The highest BCUT2D eigenvalue weighted by molar-refractivity contribution is 5.98. The molecule has 5 heteroatoms. The molecule has 4 N–H and O–H groups in total. The number of hydrogen-bond donors (Lipinski definition) is 3. The first kappa shape index (κ1) is 9.83. The smallest absolute Gasteiger partial charge is 0.227 e. The molecule has 74 valence electrons. The number of carbonyl (C=O) groups excluding carboxylic acids is 1. The fourth-order valence-electron chi connectivity index (χ4n) is 1.22. The van der Waals surface area contributed by atoms with Gasteiger partial charge in [-0.25, -0.2) is 0 Å². The molecular weight excluding hydrogens is 170 g/mol. The number of nitrogens with zero attached hydrogens (tertiary/aromatic N) is 1. The van der Waals surface area contributed by atoms with E-state index in [2.05, 4.69) is 10.5 Å². The summed E-state index contributed by atoms with van der Waals surface area (Å²) in [4.78, 5) is 11.1. The first-order chi connectivity index (χ1) is 6.22. The summed E-state index contributed by atoms with van der Waals surface area (Å²) in [7, 11) is 0. The molecule has 1 fully saturated rings. The number of oxime groups is 1. The Morgan fingerprint density at radius 2 is 2.31 bits per heavy atom. The van der Waals surface area contributed by atoms with Gasteiger partial charge in [0, 0.05) is 6.54 Å². The van der Waals surface area contributed by atoms with Crippen molar-refractivity contribution in [3.05, 3.63) is 0 Å². The van der Waals surface area contributed by atoms with Gasteiger partial charge in [0.15, 0.2) is 0 Å². The molecule has 1 saturated carbocycles. The van der Waals surface area contributed by atoms with E-state index in [-0.39, 0.29) is 18.2 Å². The molecule has 0 aliphatic heterocycles. The quantitative estimate of drug-likeness (QED) is 0.250. The monoisotopic (exact) mass is 185 g/mol. The van der Waals surface area contributed by atoms with Gasteiger partial charge in [-0.05, 0) is 18.8 Å². The van der Waals surface area contributed by atoms with Crippen LogP contribution in [0.4, 0.5) is 0 Å². The largest absolute Gasteiger partial charge is 0.409 e. The van der Waals surface area contributed by atoms with E-state index in [0.717, 1.165) is 6.54 Å². The predicted molar refractivity (Wildman–Crippen MR) is 48.4 cm³/mol. The molecule has 13 heavy (non-hydrogen) atoms. The molecule has 1 aliphatic rings. The van der Waals surface area contributed by atoms with Crippen molar-refractivity contribution in [3.63, 3.8) is 0 Å². The molecule has 0 atom stereocenters. The minimum Gasteiger partial charge on any atom is -0.409 e. The first-order valence-electron chi connectivity index (χ1n) is 4.45. The number of nitrogens with two attached hydrogens (primary N) is 1. The van der Waals surface area contributed by atoms with Gasteiger partial charge in [-0.3, -0.25) is 4.79 Å². The van der Waals surface area contributed by atoms with Crippen molar-refractivity contribution in [3.8, 4) is 0 Å². The third-order valence-corrected chi connectivity index (χ3v) is 2.28. The second-order valence-electron chi connectivity index (χ2n) is 3.37. The van der Waals surface area contributed by atoms with E-state index in [1.165, 1.54) is 19.3 Å². The number of amides is 1. The predicted octanol–water partition coefficient (Wildman–Crippen LogP) is 0.0392. The van der Waals surface area contributed by atoms with E-state index in [9.17, 15) is 4.79 Å². The molecule has 0 bridgehead atoms. The van der Waals surface area contributed by atoms with Crippen molar-refractivity contribution in [2.75, 3.05) is 6.54 Å². The van der Waals surface area contributed by atoms with Crippen LogP contribution < -0.4 is 11.1 Å².